The number of ether oxygens (including phenoxy) is 3. The lowest BCUT2D eigenvalue weighted by Crippen LogP contribution is -2.51. The van der Waals surface area contributed by atoms with Crippen LogP contribution >= 0.6 is 0 Å². The third-order valence-corrected chi connectivity index (χ3v) is 3.59. The van der Waals surface area contributed by atoms with Crippen molar-refractivity contribution in [1.82, 2.24) is 5.32 Å². The summed E-state index contributed by atoms with van der Waals surface area (Å²) >= 11 is 0. The Morgan fingerprint density at radius 3 is 2.75 bits per heavy atom. The van der Waals surface area contributed by atoms with Gasteiger partial charge in [0.25, 0.3) is 0 Å². The van der Waals surface area contributed by atoms with Crippen molar-refractivity contribution in [3.05, 3.63) is 0 Å². The summed E-state index contributed by atoms with van der Waals surface area (Å²) in [6.45, 7) is 8.95. The van der Waals surface area contributed by atoms with Crippen LogP contribution in [0.4, 0.5) is 0 Å². The molecule has 0 aromatic rings. The van der Waals surface area contributed by atoms with Crippen molar-refractivity contribution in [2.75, 3.05) is 33.5 Å². The fourth-order valence-corrected chi connectivity index (χ4v) is 2.69. The maximum atomic E-state index is 12.0. The first-order valence-corrected chi connectivity index (χ1v) is 7.57. The van der Waals surface area contributed by atoms with Gasteiger partial charge in [-0.3, -0.25) is 4.79 Å². The molecule has 0 spiro atoms. The molecule has 0 heterocycles. The highest BCUT2D eigenvalue weighted by atomic mass is 16.5. The van der Waals surface area contributed by atoms with Gasteiger partial charge >= 0.3 is 5.97 Å². The van der Waals surface area contributed by atoms with Crippen LogP contribution in [0.2, 0.25) is 0 Å². The molecular weight excluding hydrogens is 258 g/mol. The number of carbonyl (C=O) groups is 1. The van der Waals surface area contributed by atoms with E-state index in [1.54, 1.807) is 0 Å². The van der Waals surface area contributed by atoms with E-state index in [2.05, 4.69) is 19.2 Å². The summed E-state index contributed by atoms with van der Waals surface area (Å²) in [5, 5.41) is 3.27. The van der Waals surface area contributed by atoms with E-state index < -0.39 is 5.54 Å². The molecule has 1 aliphatic rings. The molecule has 0 radical (unpaired) electrons. The van der Waals surface area contributed by atoms with Crippen LogP contribution in [0.3, 0.4) is 0 Å². The molecule has 2 unspecified atom stereocenters. The van der Waals surface area contributed by atoms with Crippen LogP contribution in [-0.4, -0.2) is 51.1 Å². The van der Waals surface area contributed by atoms with Gasteiger partial charge in [0, 0.05) is 13.0 Å². The van der Waals surface area contributed by atoms with Gasteiger partial charge in [-0.2, -0.15) is 0 Å². The summed E-state index contributed by atoms with van der Waals surface area (Å²) in [4.78, 5) is 12.0. The average Bonchev–Trinajstić information content (AvgIpc) is 2.82. The predicted octanol–water partition coefficient (Wildman–Crippen LogP) is 1.75. The lowest BCUT2D eigenvalue weighted by atomic mass is 9.97. The summed E-state index contributed by atoms with van der Waals surface area (Å²) in [7, 11) is 1.44. The molecule has 20 heavy (non-hydrogen) atoms. The molecule has 5 nitrogen and oxygen atoms in total. The van der Waals surface area contributed by atoms with Crippen LogP contribution in [0.25, 0.3) is 0 Å². The number of nitrogens with one attached hydrogen (secondary N) is 1. The zero-order chi connectivity index (χ0) is 15.0. The minimum Gasteiger partial charge on any atom is -0.468 e. The average molecular weight is 287 g/mol. The Labute approximate surface area is 122 Å². The molecule has 0 bridgehead atoms. The smallest absolute Gasteiger partial charge is 0.326 e. The minimum absolute atomic E-state index is 0.107. The van der Waals surface area contributed by atoms with Gasteiger partial charge in [0.05, 0.1) is 26.4 Å². The van der Waals surface area contributed by atoms with Gasteiger partial charge in [0.2, 0.25) is 0 Å². The van der Waals surface area contributed by atoms with Crippen molar-refractivity contribution >= 4 is 5.97 Å². The second-order valence-corrected chi connectivity index (χ2v) is 5.81. The van der Waals surface area contributed by atoms with Crippen LogP contribution in [0.15, 0.2) is 0 Å². The lowest BCUT2D eigenvalue weighted by molar-refractivity contribution is -0.148. The maximum absolute atomic E-state index is 12.0. The van der Waals surface area contributed by atoms with Crippen LogP contribution < -0.4 is 5.32 Å². The van der Waals surface area contributed by atoms with Crippen molar-refractivity contribution in [3.8, 4) is 0 Å². The number of carbonyl (C=O) groups excluding carboxylic acids is 1. The highest BCUT2D eigenvalue weighted by Crippen LogP contribution is 2.33. The van der Waals surface area contributed by atoms with Crippen LogP contribution in [-0.2, 0) is 19.0 Å². The Hall–Kier alpha value is -0.650. The summed E-state index contributed by atoms with van der Waals surface area (Å²) in [5.41, 5.74) is -0.563. The zero-order valence-corrected chi connectivity index (χ0v) is 13.2. The molecule has 0 amide bonds. The van der Waals surface area contributed by atoms with E-state index in [4.69, 9.17) is 14.2 Å². The van der Waals surface area contributed by atoms with Crippen molar-refractivity contribution in [3.63, 3.8) is 0 Å². The molecule has 1 N–H and O–H groups in total. The molecule has 118 valence electrons. The Morgan fingerprint density at radius 1 is 1.40 bits per heavy atom. The van der Waals surface area contributed by atoms with Crippen molar-refractivity contribution in [2.24, 2.45) is 5.92 Å². The summed E-state index contributed by atoms with van der Waals surface area (Å²) in [5.74, 6) is 0.365. The molecule has 2 atom stereocenters. The van der Waals surface area contributed by atoms with Crippen LogP contribution in [0.5, 0.6) is 0 Å². The highest BCUT2D eigenvalue weighted by molar-refractivity contribution is 5.81. The summed E-state index contributed by atoms with van der Waals surface area (Å²) in [6.07, 6.45) is 2.44. The van der Waals surface area contributed by atoms with E-state index in [0.717, 1.165) is 26.0 Å². The third-order valence-electron chi connectivity index (χ3n) is 3.59. The van der Waals surface area contributed by atoms with Crippen LogP contribution in [0, 0.1) is 5.92 Å². The van der Waals surface area contributed by atoms with Crippen molar-refractivity contribution < 1.29 is 19.0 Å². The Kier molecular flexibility index (Phi) is 7.48. The van der Waals surface area contributed by atoms with E-state index in [0.29, 0.717) is 25.6 Å². The van der Waals surface area contributed by atoms with E-state index >= 15 is 0 Å². The Bertz CT molecular complexity index is 296. The fraction of sp³-hybridized carbons (Fsp3) is 0.933. The molecule has 1 saturated carbocycles. The number of methoxy groups -OCH3 is 1. The Morgan fingerprint density at radius 2 is 2.15 bits per heavy atom. The molecular formula is C15H29NO4. The van der Waals surface area contributed by atoms with Gasteiger partial charge in [-0.05, 0) is 25.3 Å². The Balaban J connectivity index is 2.31. The molecule has 0 aliphatic heterocycles. The topological polar surface area (TPSA) is 56.8 Å². The SMILES string of the molecule is CCNC1(C(=O)OC)CCC(OCCOCC(C)C)C1. The number of rotatable bonds is 9. The maximum Gasteiger partial charge on any atom is 0.326 e. The molecule has 1 fully saturated rings. The number of hydrogen-bond donors (Lipinski definition) is 1. The van der Waals surface area contributed by atoms with Gasteiger partial charge < -0.3 is 19.5 Å². The van der Waals surface area contributed by atoms with Gasteiger partial charge in [-0.15, -0.1) is 0 Å². The molecule has 1 rings (SSSR count). The van der Waals surface area contributed by atoms with Crippen molar-refractivity contribution in [2.45, 2.75) is 51.7 Å². The normalized spacial score (nSPS) is 26.1. The minimum atomic E-state index is -0.563. The van der Waals surface area contributed by atoms with E-state index in [-0.39, 0.29) is 12.1 Å². The second kappa shape index (κ2) is 8.60. The number of likely N-dealkylation sites (N-methyl/N-ethyl adjacent to an activating group) is 1. The predicted molar refractivity (Wildman–Crippen MR) is 77.7 cm³/mol. The van der Waals surface area contributed by atoms with Crippen LogP contribution in [0.1, 0.15) is 40.0 Å². The van der Waals surface area contributed by atoms with E-state index in [9.17, 15) is 4.79 Å². The fourth-order valence-electron chi connectivity index (χ4n) is 2.69. The molecule has 0 aromatic carbocycles. The lowest BCUT2D eigenvalue weighted by Gasteiger charge is -2.27. The second-order valence-electron chi connectivity index (χ2n) is 5.81. The first-order chi connectivity index (χ1) is 9.54. The molecule has 1 aliphatic carbocycles. The van der Waals surface area contributed by atoms with Crippen molar-refractivity contribution in [1.29, 1.82) is 0 Å². The highest BCUT2D eigenvalue weighted by Gasteiger charge is 2.46. The molecule has 0 saturated heterocycles. The summed E-state index contributed by atoms with van der Waals surface area (Å²) in [6, 6.07) is 0. The van der Waals surface area contributed by atoms with Gasteiger partial charge in [-0.1, -0.05) is 20.8 Å². The molecule has 5 heteroatoms. The third kappa shape index (κ3) is 5.04. The summed E-state index contributed by atoms with van der Waals surface area (Å²) < 4.78 is 16.2. The number of hydrogen-bond acceptors (Lipinski definition) is 5. The van der Waals surface area contributed by atoms with E-state index in [1.165, 1.54) is 7.11 Å². The molecule has 0 aromatic heterocycles. The van der Waals surface area contributed by atoms with Gasteiger partial charge in [0.1, 0.15) is 5.54 Å². The van der Waals surface area contributed by atoms with Gasteiger partial charge in [0.15, 0.2) is 0 Å². The first-order valence-electron chi connectivity index (χ1n) is 7.57. The zero-order valence-electron chi connectivity index (χ0n) is 13.2. The van der Waals surface area contributed by atoms with Gasteiger partial charge in [-0.25, -0.2) is 0 Å². The number of esters is 1. The largest absolute Gasteiger partial charge is 0.468 e. The monoisotopic (exact) mass is 287 g/mol. The quantitative estimate of drug-likeness (QED) is 0.517. The first kappa shape index (κ1) is 17.4. The standard InChI is InChI=1S/C15H29NO4/c1-5-16-15(14(17)18-4)7-6-13(10-15)20-9-8-19-11-12(2)3/h12-13,16H,5-11H2,1-4H3. The van der Waals surface area contributed by atoms with E-state index in [1.807, 2.05) is 6.92 Å².